The van der Waals surface area contributed by atoms with Gasteiger partial charge in [0.25, 0.3) is 5.91 Å². The molecule has 3 N–H and O–H groups in total. The van der Waals surface area contributed by atoms with Crippen LogP contribution in [0.15, 0.2) is 22.7 Å². The third-order valence-electron chi connectivity index (χ3n) is 1.71. The topological polar surface area (TPSA) is 55.1 Å². The second-order valence-electron chi connectivity index (χ2n) is 3.03. The normalized spacial score (nSPS) is 11.2. The summed E-state index contributed by atoms with van der Waals surface area (Å²) >= 11 is 3.10. The summed E-state index contributed by atoms with van der Waals surface area (Å²) in [4.78, 5) is 11.4. The first kappa shape index (κ1) is 12.8. The average molecular weight is 297 g/mol. The average Bonchev–Trinajstić information content (AvgIpc) is 2.17. The maximum atomic E-state index is 11.9. The summed E-state index contributed by atoms with van der Waals surface area (Å²) < 4.78 is 36.1. The number of amides is 1. The molecule has 0 unspecified atom stereocenters. The van der Waals surface area contributed by atoms with Crippen molar-refractivity contribution in [1.82, 2.24) is 5.32 Å². The van der Waals surface area contributed by atoms with Crippen LogP contribution in [-0.4, -0.2) is 18.6 Å². The standard InChI is InChI=1S/C9H8BrF3N2O/c10-5-1-2-7(14)6(3-5)8(16)15-4-9(11,12)13/h1-3H,4,14H2,(H,15,16). The van der Waals surface area contributed by atoms with Crippen LogP contribution in [0.2, 0.25) is 0 Å². The summed E-state index contributed by atoms with van der Waals surface area (Å²) in [6.45, 7) is -1.38. The molecular weight excluding hydrogens is 289 g/mol. The van der Waals surface area contributed by atoms with E-state index in [4.69, 9.17) is 5.73 Å². The molecule has 0 aliphatic rings. The Hall–Kier alpha value is -1.24. The minimum absolute atomic E-state index is 0.0126. The van der Waals surface area contributed by atoms with Gasteiger partial charge in [-0.25, -0.2) is 0 Å². The third kappa shape index (κ3) is 3.73. The Morgan fingerprint density at radius 2 is 2.06 bits per heavy atom. The van der Waals surface area contributed by atoms with Gasteiger partial charge in [-0.3, -0.25) is 4.79 Å². The summed E-state index contributed by atoms with van der Waals surface area (Å²) in [7, 11) is 0. The smallest absolute Gasteiger partial charge is 0.398 e. The molecule has 0 radical (unpaired) electrons. The van der Waals surface area contributed by atoms with Crippen LogP contribution in [0.1, 0.15) is 10.4 Å². The number of nitrogens with two attached hydrogens (primary N) is 1. The molecule has 3 nitrogen and oxygen atoms in total. The van der Waals surface area contributed by atoms with Gasteiger partial charge in [0.2, 0.25) is 0 Å². The molecule has 0 saturated heterocycles. The Morgan fingerprint density at radius 1 is 1.44 bits per heavy atom. The van der Waals surface area contributed by atoms with E-state index in [1.165, 1.54) is 12.1 Å². The highest BCUT2D eigenvalue weighted by molar-refractivity contribution is 9.10. The summed E-state index contributed by atoms with van der Waals surface area (Å²) in [5, 5.41) is 1.74. The van der Waals surface area contributed by atoms with Crippen molar-refractivity contribution in [3.63, 3.8) is 0 Å². The number of carbonyl (C=O) groups is 1. The second kappa shape index (κ2) is 4.73. The van der Waals surface area contributed by atoms with Crippen LogP contribution in [0.3, 0.4) is 0 Å². The van der Waals surface area contributed by atoms with Crippen LogP contribution in [-0.2, 0) is 0 Å². The highest BCUT2D eigenvalue weighted by Crippen LogP contribution is 2.19. The number of benzene rings is 1. The van der Waals surface area contributed by atoms with Crippen LogP contribution in [0, 0.1) is 0 Å². The zero-order chi connectivity index (χ0) is 12.3. The first-order valence-electron chi connectivity index (χ1n) is 4.19. The quantitative estimate of drug-likeness (QED) is 0.823. The van der Waals surface area contributed by atoms with Gasteiger partial charge in [0, 0.05) is 10.2 Å². The molecule has 7 heteroatoms. The molecule has 0 saturated carbocycles. The van der Waals surface area contributed by atoms with E-state index in [1.807, 2.05) is 0 Å². The lowest BCUT2D eigenvalue weighted by molar-refractivity contribution is -0.123. The minimum Gasteiger partial charge on any atom is -0.398 e. The van der Waals surface area contributed by atoms with Gasteiger partial charge in [-0.15, -0.1) is 0 Å². The molecule has 0 spiro atoms. The van der Waals surface area contributed by atoms with Gasteiger partial charge in [0.1, 0.15) is 6.54 Å². The fourth-order valence-corrected chi connectivity index (χ4v) is 1.36. The molecule has 0 heterocycles. The Kier molecular flexibility index (Phi) is 3.79. The van der Waals surface area contributed by atoms with Crippen molar-refractivity contribution in [2.45, 2.75) is 6.18 Å². The largest absolute Gasteiger partial charge is 0.405 e. The Balaban J connectivity index is 2.77. The van der Waals surface area contributed by atoms with E-state index in [1.54, 1.807) is 11.4 Å². The molecule has 0 aliphatic carbocycles. The zero-order valence-electron chi connectivity index (χ0n) is 7.94. The van der Waals surface area contributed by atoms with Crippen molar-refractivity contribution in [3.05, 3.63) is 28.2 Å². The van der Waals surface area contributed by atoms with Gasteiger partial charge >= 0.3 is 6.18 Å². The predicted octanol–water partition coefficient (Wildman–Crippen LogP) is 2.32. The summed E-state index contributed by atoms with van der Waals surface area (Å²) in [6, 6.07) is 4.39. The molecule has 0 aromatic heterocycles. The SMILES string of the molecule is Nc1ccc(Br)cc1C(=O)NCC(F)(F)F. The van der Waals surface area contributed by atoms with Crippen LogP contribution >= 0.6 is 15.9 Å². The Bertz CT molecular complexity index is 406. The van der Waals surface area contributed by atoms with Gasteiger partial charge in [-0.05, 0) is 18.2 Å². The number of hydrogen-bond donors (Lipinski definition) is 2. The van der Waals surface area contributed by atoms with Gasteiger partial charge in [-0.1, -0.05) is 15.9 Å². The highest BCUT2D eigenvalue weighted by atomic mass is 79.9. The maximum absolute atomic E-state index is 11.9. The first-order valence-corrected chi connectivity index (χ1v) is 4.99. The number of anilines is 1. The first-order chi connectivity index (χ1) is 7.29. The molecule has 0 atom stereocenters. The van der Waals surface area contributed by atoms with Crippen molar-refractivity contribution in [3.8, 4) is 0 Å². The predicted molar refractivity (Wildman–Crippen MR) is 56.9 cm³/mol. The summed E-state index contributed by atoms with van der Waals surface area (Å²) in [5.41, 5.74) is 5.61. The molecule has 0 fully saturated rings. The second-order valence-corrected chi connectivity index (χ2v) is 3.95. The van der Waals surface area contributed by atoms with Crippen LogP contribution < -0.4 is 11.1 Å². The van der Waals surface area contributed by atoms with E-state index >= 15 is 0 Å². The van der Waals surface area contributed by atoms with E-state index in [0.717, 1.165) is 0 Å². The molecule has 16 heavy (non-hydrogen) atoms. The molecule has 0 bridgehead atoms. The molecule has 1 aromatic carbocycles. The monoisotopic (exact) mass is 296 g/mol. The number of nitrogens with one attached hydrogen (secondary N) is 1. The number of hydrogen-bond acceptors (Lipinski definition) is 2. The number of halogens is 4. The van der Waals surface area contributed by atoms with Crippen molar-refractivity contribution >= 4 is 27.5 Å². The summed E-state index contributed by atoms with van der Waals surface area (Å²) in [5.74, 6) is -0.851. The van der Waals surface area contributed by atoms with Gasteiger partial charge < -0.3 is 11.1 Å². The van der Waals surface area contributed by atoms with Crippen molar-refractivity contribution < 1.29 is 18.0 Å². The molecule has 1 rings (SSSR count). The lowest BCUT2D eigenvalue weighted by Gasteiger charge is -2.09. The van der Waals surface area contributed by atoms with Crippen molar-refractivity contribution in [2.24, 2.45) is 0 Å². The number of carbonyl (C=O) groups excluding carboxylic acids is 1. The Labute approximate surface area is 97.9 Å². The van der Waals surface area contributed by atoms with Gasteiger partial charge in [-0.2, -0.15) is 13.2 Å². The minimum atomic E-state index is -4.43. The molecular formula is C9H8BrF3N2O. The maximum Gasteiger partial charge on any atom is 0.405 e. The van der Waals surface area contributed by atoms with E-state index in [0.29, 0.717) is 4.47 Å². The zero-order valence-corrected chi connectivity index (χ0v) is 9.52. The van der Waals surface area contributed by atoms with Crippen molar-refractivity contribution in [2.75, 3.05) is 12.3 Å². The molecule has 1 aromatic rings. The van der Waals surface area contributed by atoms with Crippen LogP contribution in [0.5, 0.6) is 0 Å². The van der Waals surface area contributed by atoms with Gasteiger partial charge in [0.15, 0.2) is 0 Å². The van der Waals surface area contributed by atoms with Crippen molar-refractivity contribution in [1.29, 1.82) is 0 Å². The fraction of sp³-hybridized carbons (Fsp3) is 0.222. The van der Waals surface area contributed by atoms with E-state index in [-0.39, 0.29) is 11.3 Å². The number of nitrogen functional groups attached to an aromatic ring is 1. The lowest BCUT2D eigenvalue weighted by Crippen LogP contribution is -2.34. The fourth-order valence-electron chi connectivity index (χ4n) is 1.00. The van der Waals surface area contributed by atoms with E-state index in [9.17, 15) is 18.0 Å². The van der Waals surface area contributed by atoms with Crippen LogP contribution in [0.25, 0.3) is 0 Å². The number of rotatable bonds is 2. The molecule has 88 valence electrons. The van der Waals surface area contributed by atoms with Gasteiger partial charge in [0.05, 0.1) is 5.56 Å². The van der Waals surface area contributed by atoms with Crippen LogP contribution in [0.4, 0.5) is 18.9 Å². The number of alkyl halides is 3. The highest BCUT2D eigenvalue weighted by Gasteiger charge is 2.28. The molecule has 1 amide bonds. The molecule has 0 aliphatic heterocycles. The lowest BCUT2D eigenvalue weighted by atomic mass is 10.1. The Morgan fingerprint density at radius 3 is 2.62 bits per heavy atom. The van der Waals surface area contributed by atoms with E-state index < -0.39 is 18.6 Å². The summed E-state index contributed by atoms with van der Waals surface area (Å²) in [6.07, 6.45) is -4.43. The third-order valence-corrected chi connectivity index (χ3v) is 2.20. The van der Waals surface area contributed by atoms with E-state index in [2.05, 4.69) is 15.9 Å².